The summed E-state index contributed by atoms with van der Waals surface area (Å²) in [5.41, 5.74) is 0.354. The highest BCUT2D eigenvalue weighted by Gasteiger charge is 2.36. The van der Waals surface area contributed by atoms with E-state index >= 15 is 0 Å². The fourth-order valence-corrected chi connectivity index (χ4v) is 4.11. The number of sulfonamides is 1. The summed E-state index contributed by atoms with van der Waals surface area (Å²) in [5.74, 6) is -0.653. The Bertz CT molecular complexity index is 993. The van der Waals surface area contributed by atoms with E-state index in [9.17, 15) is 26.4 Å². The first kappa shape index (κ1) is 23.0. The van der Waals surface area contributed by atoms with E-state index in [0.717, 1.165) is 29.5 Å². The zero-order valence-corrected chi connectivity index (χ0v) is 17.5. The van der Waals surface area contributed by atoms with Crippen molar-refractivity contribution in [2.45, 2.75) is 32.6 Å². The Kier molecular flexibility index (Phi) is 6.85. The quantitative estimate of drug-likeness (QED) is 0.722. The first-order chi connectivity index (χ1) is 13.3. The van der Waals surface area contributed by atoms with Crippen molar-refractivity contribution in [2.24, 2.45) is 0 Å². The van der Waals surface area contributed by atoms with Gasteiger partial charge < -0.3 is 5.32 Å². The van der Waals surface area contributed by atoms with Crippen molar-refractivity contribution >= 4 is 33.2 Å². The van der Waals surface area contributed by atoms with E-state index in [-0.39, 0.29) is 12.2 Å². The molecule has 0 aromatic heterocycles. The molecule has 0 heterocycles. The number of aryl methyl sites for hydroxylation is 1. The number of benzene rings is 2. The molecular weight excluding hydrogens is 429 g/mol. The summed E-state index contributed by atoms with van der Waals surface area (Å²) < 4.78 is 64.6. The Morgan fingerprint density at radius 3 is 2.28 bits per heavy atom. The van der Waals surface area contributed by atoms with E-state index in [1.54, 1.807) is 0 Å². The van der Waals surface area contributed by atoms with Crippen LogP contribution >= 0.6 is 11.6 Å². The Balaban J connectivity index is 2.30. The molecule has 0 aliphatic rings. The number of halogens is 4. The van der Waals surface area contributed by atoms with E-state index in [1.165, 1.54) is 6.92 Å². The third kappa shape index (κ3) is 5.86. The van der Waals surface area contributed by atoms with E-state index in [4.69, 9.17) is 11.6 Å². The molecule has 10 heteroatoms. The first-order valence-electron chi connectivity index (χ1n) is 8.50. The first-order valence-corrected chi connectivity index (χ1v) is 10.7. The Hall–Kier alpha value is -2.26. The van der Waals surface area contributed by atoms with E-state index in [0.29, 0.717) is 10.4 Å². The van der Waals surface area contributed by atoms with Gasteiger partial charge in [0.1, 0.15) is 6.04 Å². The second kappa shape index (κ2) is 8.62. The van der Waals surface area contributed by atoms with Crippen LogP contribution in [-0.2, 0) is 27.5 Å². The average Bonchev–Trinajstić information content (AvgIpc) is 2.60. The molecule has 0 fully saturated rings. The highest BCUT2D eigenvalue weighted by atomic mass is 35.5. The maximum Gasteiger partial charge on any atom is 0.417 e. The number of rotatable bonds is 6. The smallest absolute Gasteiger partial charge is 0.350 e. The second-order valence-electron chi connectivity index (χ2n) is 6.60. The van der Waals surface area contributed by atoms with Gasteiger partial charge >= 0.3 is 6.18 Å². The van der Waals surface area contributed by atoms with Crippen LogP contribution in [0.3, 0.4) is 0 Å². The van der Waals surface area contributed by atoms with E-state index < -0.39 is 38.7 Å². The standard InChI is InChI=1S/C19H20ClF3N2O3S/c1-12-4-6-14(7-5-12)11-24-18(26)13(2)25(29(3,27)28)15-8-9-17(20)16(10-15)19(21,22)23/h4-10,13H,11H2,1-3H3,(H,24,26). The topological polar surface area (TPSA) is 66.5 Å². The third-order valence-corrected chi connectivity index (χ3v) is 5.76. The van der Waals surface area contributed by atoms with Crippen LogP contribution in [-0.4, -0.2) is 26.6 Å². The molecule has 1 N–H and O–H groups in total. The summed E-state index contributed by atoms with van der Waals surface area (Å²) in [7, 11) is -4.06. The van der Waals surface area contributed by atoms with Gasteiger partial charge in [-0.1, -0.05) is 41.4 Å². The predicted molar refractivity (Wildman–Crippen MR) is 106 cm³/mol. The summed E-state index contributed by atoms with van der Waals surface area (Å²) in [6.45, 7) is 3.36. The monoisotopic (exact) mass is 448 g/mol. The van der Waals surface area contributed by atoms with Crippen molar-refractivity contribution in [3.63, 3.8) is 0 Å². The van der Waals surface area contributed by atoms with Gasteiger partial charge in [-0.25, -0.2) is 8.42 Å². The fourth-order valence-electron chi connectivity index (χ4n) is 2.72. The molecule has 2 aromatic carbocycles. The summed E-state index contributed by atoms with van der Waals surface area (Å²) in [5, 5.41) is 2.04. The second-order valence-corrected chi connectivity index (χ2v) is 8.87. The molecule has 0 bridgehead atoms. The minimum atomic E-state index is -4.77. The minimum absolute atomic E-state index is 0.148. The Labute approximate surface area is 172 Å². The predicted octanol–water partition coefficient (Wildman–Crippen LogP) is 4.14. The molecule has 2 rings (SSSR count). The molecule has 0 saturated carbocycles. The summed E-state index contributed by atoms with van der Waals surface area (Å²) in [4.78, 5) is 12.5. The van der Waals surface area contributed by atoms with Crippen LogP contribution in [0.1, 0.15) is 23.6 Å². The fraction of sp³-hybridized carbons (Fsp3) is 0.316. The van der Waals surface area contributed by atoms with Crippen LogP contribution in [0.5, 0.6) is 0 Å². The van der Waals surface area contributed by atoms with Gasteiger partial charge in [-0.05, 0) is 37.6 Å². The highest BCUT2D eigenvalue weighted by Crippen LogP contribution is 2.37. The van der Waals surface area contributed by atoms with Crippen LogP contribution in [0.2, 0.25) is 5.02 Å². The normalized spacial score (nSPS) is 13.1. The average molecular weight is 449 g/mol. The lowest BCUT2D eigenvalue weighted by Crippen LogP contribution is -2.47. The number of nitrogens with one attached hydrogen (secondary N) is 1. The molecule has 0 radical (unpaired) electrons. The number of alkyl halides is 3. The highest BCUT2D eigenvalue weighted by molar-refractivity contribution is 7.92. The molecule has 158 valence electrons. The molecule has 1 atom stereocenters. The molecule has 0 aliphatic heterocycles. The third-order valence-electron chi connectivity index (χ3n) is 4.19. The van der Waals surface area contributed by atoms with Gasteiger partial charge in [-0.3, -0.25) is 9.10 Å². The van der Waals surface area contributed by atoms with Gasteiger partial charge in [0.2, 0.25) is 15.9 Å². The van der Waals surface area contributed by atoms with Crippen molar-refractivity contribution in [2.75, 3.05) is 10.6 Å². The number of amides is 1. The van der Waals surface area contributed by atoms with Crippen molar-refractivity contribution in [1.82, 2.24) is 5.32 Å². The van der Waals surface area contributed by atoms with Crippen LogP contribution in [0.25, 0.3) is 0 Å². The van der Waals surface area contributed by atoms with E-state index in [1.807, 2.05) is 31.2 Å². The molecule has 0 aliphatic carbocycles. The van der Waals surface area contributed by atoms with Crippen molar-refractivity contribution < 1.29 is 26.4 Å². The lowest BCUT2D eigenvalue weighted by atomic mass is 10.1. The molecule has 2 aromatic rings. The maximum atomic E-state index is 13.2. The zero-order chi connectivity index (χ0) is 22.0. The molecule has 1 unspecified atom stereocenters. The zero-order valence-electron chi connectivity index (χ0n) is 15.9. The largest absolute Gasteiger partial charge is 0.417 e. The molecule has 0 spiro atoms. The van der Waals surface area contributed by atoms with E-state index in [2.05, 4.69) is 5.32 Å². The number of anilines is 1. The SMILES string of the molecule is Cc1ccc(CNC(=O)C(C)N(c2ccc(Cl)c(C(F)(F)F)c2)S(C)(=O)=O)cc1. The van der Waals surface area contributed by atoms with Gasteiger partial charge in [-0.2, -0.15) is 13.2 Å². The van der Waals surface area contributed by atoms with Crippen molar-refractivity contribution in [3.8, 4) is 0 Å². The van der Waals surface area contributed by atoms with Gasteiger partial charge in [0.15, 0.2) is 0 Å². The summed E-state index contributed by atoms with van der Waals surface area (Å²) in [6.07, 6.45) is -3.95. The Morgan fingerprint density at radius 1 is 1.17 bits per heavy atom. The summed E-state index contributed by atoms with van der Waals surface area (Å²) >= 11 is 5.60. The van der Waals surface area contributed by atoms with Gasteiger partial charge in [0.25, 0.3) is 0 Å². The number of carbonyl (C=O) groups excluding carboxylic acids is 1. The van der Waals surface area contributed by atoms with Gasteiger partial charge in [0.05, 0.1) is 22.5 Å². The Morgan fingerprint density at radius 2 is 1.76 bits per heavy atom. The minimum Gasteiger partial charge on any atom is -0.350 e. The van der Waals surface area contributed by atoms with Crippen LogP contribution in [0.4, 0.5) is 18.9 Å². The molecule has 5 nitrogen and oxygen atoms in total. The van der Waals surface area contributed by atoms with Crippen LogP contribution in [0.15, 0.2) is 42.5 Å². The van der Waals surface area contributed by atoms with Gasteiger partial charge in [-0.15, -0.1) is 0 Å². The number of hydrogen-bond donors (Lipinski definition) is 1. The number of hydrogen-bond acceptors (Lipinski definition) is 3. The molecule has 29 heavy (non-hydrogen) atoms. The van der Waals surface area contributed by atoms with Crippen molar-refractivity contribution in [1.29, 1.82) is 0 Å². The number of nitrogens with zero attached hydrogens (tertiary/aromatic N) is 1. The van der Waals surface area contributed by atoms with Gasteiger partial charge in [0, 0.05) is 6.54 Å². The van der Waals surface area contributed by atoms with Crippen LogP contribution in [0, 0.1) is 6.92 Å². The summed E-state index contributed by atoms with van der Waals surface area (Å²) in [6, 6.07) is 8.76. The van der Waals surface area contributed by atoms with Crippen molar-refractivity contribution in [3.05, 3.63) is 64.2 Å². The lowest BCUT2D eigenvalue weighted by molar-refractivity contribution is -0.137. The lowest BCUT2D eigenvalue weighted by Gasteiger charge is -2.29. The molecular formula is C19H20ClF3N2O3S. The molecule has 0 saturated heterocycles. The maximum absolute atomic E-state index is 13.2. The number of carbonyl (C=O) groups is 1. The van der Waals surface area contributed by atoms with Crippen LogP contribution < -0.4 is 9.62 Å². The molecule has 1 amide bonds.